The minimum Gasteiger partial charge on any atom is -0.289 e. The van der Waals surface area contributed by atoms with E-state index < -0.39 is 17.3 Å². The number of rotatable bonds is 2. The van der Waals surface area contributed by atoms with Gasteiger partial charge in [-0.25, -0.2) is 8.78 Å². The van der Waals surface area contributed by atoms with Crippen LogP contribution < -0.4 is 0 Å². The van der Waals surface area contributed by atoms with Crippen molar-refractivity contribution in [3.8, 4) is 0 Å². The fraction of sp³-hybridized carbons (Fsp3) is 0.353. The fourth-order valence-corrected chi connectivity index (χ4v) is 2.21. The van der Waals surface area contributed by atoms with Crippen LogP contribution in [0.5, 0.6) is 0 Å². The molecule has 1 nitrogen and oxygen atoms in total. The van der Waals surface area contributed by atoms with Crippen LogP contribution in [0.15, 0.2) is 54.1 Å². The van der Waals surface area contributed by atoms with Crippen molar-refractivity contribution in [1.82, 2.24) is 0 Å². The molecule has 1 aliphatic carbocycles. The maximum absolute atomic E-state index is 14.7. The highest BCUT2D eigenvalue weighted by Gasteiger charge is 2.48. The van der Waals surface area contributed by atoms with Gasteiger partial charge in [0.15, 0.2) is 17.6 Å². The highest BCUT2D eigenvalue weighted by atomic mass is 19.2. The normalized spacial score (nSPS) is 26.2. The van der Waals surface area contributed by atoms with Crippen molar-refractivity contribution in [3.63, 3.8) is 0 Å². The second-order valence-electron chi connectivity index (χ2n) is 6.07. The molecular formula is C17H18F2O. The zero-order valence-corrected chi connectivity index (χ0v) is 11.9. The third-order valence-corrected chi connectivity index (χ3v) is 3.68. The summed E-state index contributed by atoms with van der Waals surface area (Å²) in [6, 6.07) is 8.59. The predicted molar refractivity (Wildman–Crippen MR) is 76.2 cm³/mol. The standard InChI is InChI=1S/C17H18F2O/c1-16(2,3)17(19)10-9-13(11-14(17)18)15(20)12-7-5-4-6-8-12/h4-11,14H,1-3H3. The van der Waals surface area contributed by atoms with Crippen LogP contribution >= 0.6 is 0 Å². The van der Waals surface area contributed by atoms with Crippen LogP contribution in [0.25, 0.3) is 0 Å². The first-order valence-electron chi connectivity index (χ1n) is 6.59. The maximum atomic E-state index is 14.7. The van der Waals surface area contributed by atoms with Crippen LogP contribution in [0.2, 0.25) is 0 Å². The van der Waals surface area contributed by atoms with Gasteiger partial charge in [-0.3, -0.25) is 4.79 Å². The number of alkyl halides is 2. The Hall–Kier alpha value is -1.77. The fourth-order valence-electron chi connectivity index (χ4n) is 2.21. The number of ketones is 1. The van der Waals surface area contributed by atoms with E-state index in [4.69, 9.17) is 0 Å². The number of halogens is 2. The number of carbonyl (C=O) groups is 1. The third kappa shape index (κ3) is 2.45. The molecule has 0 aliphatic heterocycles. The minimum atomic E-state index is -2.09. The highest BCUT2D eigenvalue weighted by molar-refractivity contribution is 6.10. The number of allylic oxidation sites excluding steroid dienone is 4. The molecule has 2 rings (SSSR count). The van der Waals surface area contributed by atoms with Gasteiger partial charge in [0, 0.05) is 16.6 Å². The number of carbonyl (C=O) groups excluding carboxylic acids is 1. The predicted octanol–water partition coefficient (Wildman–Crippen LogP) is 4.46. The summed E-state index contributed by atoms with van der Waals surface area (Å²) in [5.41, 5.74) is -2.30. The first-order chi connectivity index (χ1) is 9.25. The van der Waals surface area contributed by atoms with Gasteiger partial charge in [-0.05, 0) is 12.2 Å². The van der Waals surface area contributed by atoms with Gasteiger partial charge in [0.2, 0.25) is 0 Å². The molecule has 0 radical (unpaired) electrons. The molecule has 20 heavy (non-hydrogen) atoms. The van der Waals surface area contributed by atoms with E-state index in [0.717, 1.165) is 6.08 Å². The number of Topliss-reactive ketones (excluding diaryl/α,β-unsaturated/α-hetero) is 1. The molecule has 0 fully saturated rings. The van der Waals surface area contributed by atoms with Gasteiger partial charge in [-0.15, -0.1) is 0 Å². The molecule has 2 unspecified atom stereocenters. The molecule has 0 N–H and O–H groups in total. The monoisotopic (exact) mass is 276 g/mol. The molecule has 0 bridgehead atoms. The average molecular weight is 276 g/mol. The number of benzene rings is 1. The van der Waals surface area contributed by atoms with Crippen molar-refractivity contribution in [3.05, 3.63) is 59.7 Å². The summed E-state index contributed by atoms with van der Waals surface area (Å²) in [6.45, 7) is 4.92. The van der Waals surface area contributed by atoms with Gasteiger partial charge in [0.1, 0.15) is 0 Å². The topological polar surface area (TPSA) is 17.1 Å². The molecule has 106 valence electrons. The molecule has 0 amide bonds. The molecule has 3 heteroatoms. The Kier molecular flexibility index (Phi) is 3.63. The Bertz CT molecular complexity index is 566. The van der Waals surface area contributed by atoms with Crippen molar-refractivity contribution >= 4 is 5.78 Å². The SMILES string of the molecule is CC(C)(C)C1(F)C=CC(C(=O)c2ccccc2)=CC1F. The van der Waals surface area contributed by atoms with E-state index >= 15 is 0 Å². The van der Waals surface area contributed by atoms with E-state index in [1.165, 1.54) is 12.2 Å². The Morgan fingerprint density at radius 2 is 1.80 bits per heavy atom. The van der Waals surface area contributed by atoms with Gasteiger partial charge in [-0.1, -0.05) is 57.2 Å². The summed E-state index contributed by atoms with van der Waals surface area (Å²) in [5, 5.41) is 0. The molecule has 2 atom stereocenters. The van der Waals surface area contributed by atoms with E-state index in [9.17, 15) is 13.6 Å². The highest BCUT2D eigenvalue weighted by Crippen LogP contribution is 2.42. The summed E-state index contributed by atoms with van der Waals surface area (Å²) < 4.78 is 28.9. The average Bonchev–Trinajstić information content (AvgIpc) is 2.41. The molecular weight excluding hydrogens is 258 g/mol. The summed E-state index contributed by atoms with van der Waals surface area (Å²) >= 11 is 0. The second kappa shape index (κ2) is 4.97. The van der Waals surface area contributed by atoms with Crippen molar-refractivity contribution in [2.45, 2.75) is 32.6 Å². The van der Waals surface area contributed by atoms with Crippen molar-refractivity contribution in [2.75, 3.05) is 0 Å². The lowest BCUT2D eigenvalue weighted by Gasteiger charge is -2.38. The Labute approximate surface area is 118 Å². The Balaban J connectivity index is 2.30. The maximum Gasteiger partial charge on any atom is 0.192 e. The molecule has 0 spiro atoms. The zero-order valence-electron chi connectivity index (χ0n) is 11.9. The minimum absolute atomic E-state index is 0.196. The van der Waals surface area contributed by atoms with Crippen molar-refractivity contribution < 1.29 is 13.6 Å². The van der Waals surface area contributed by atoms with E-state index in [0.29, 0.717) is 5.56 Å². The largest absolute Gasteiger partial charge is 0.289 e. The molecule has 1 aromatic carbocycles. The third-order valence-electron chi connectivity index (χ3n) is 3.68. The Morgan fingerprint density at radius 1 is 1.20 bits per heavy atom. The van der Waals surface area contributed by atoms with Crippen molar-refractivity contribution in [2.24, 2.45) is 5.41 Å². The van der Waals surface area contributed by atoms with Crippen LogP contribution in [0.4, 0.5) is 8.78 Å². The number of hydrogen-bond donors (Lipinski definition) is 0. The van der Waals surface area contributed by atoms with Crippen LogP contribution in [-0.2, 0) is 0 Å². The van der Waals surface area contributed by atoms with Gasteiger partial charge in [-0.2, -0.15) is 0 Å². The van der Waals surface area contributed by atoms with Crippen LogP contribution in [0, 0.1) is 5.41 Å². The van der Waals surface area contributed by atoms with E-state index in [-0.39, 0.29) is 11.4 Å². The molecule has 1 aromatic rings. The lowest BCUT2D eigenvalue weighted by atomic mass is 9.72. The lowest BCUT2D eigenvalue weighted by Crippen LogP contribution is -2.45. The lowest BCUT2D eigenvalue weighted by molar-refractivity contribution is 0.0171. The van der Waals surface area contributed by atoms with Crippen LogP contribution in [0.3, 0.4) is 0 Å². The van der Waals surface area contributed by atoms with E-state index in [2.05, 4.69) is 0 Å². The molecule has 0 aromatic heterocycles. The molecule has 0 heterocycles. The first kappa shape index (κ1) is 14.6. The van der Waals surface area contributed by atoms with Gasteiger partial charge < -0.3 is 0 Å². The van der Waals surface area contributed by atoms with Crippen LogP contribution in [-0.4, -0.2) is 17.6 Å². The first-order valence-corrected chi connectivity index (χ1v) is 6.59. The van der Waals surface area contributed by atoms with Gasteiger partial charge >= 0.3 is 0 Å². The van der Waals surface area contributed by atoms with Gasteiger partial charge in [0.25, 0.3) is 0 Å². The molecule has 0 saturated heterocycles. The summed E-state index contributed by atoms with van der Waals surface area (Å²) in [5.74, 6) is -0.291. The van der Waals surface area contributed by atoms with Gasteiger partial charge in [0.05, 0.1) is 0 Å². The molecule has 0 saturated carbocycles. The summed E-state index contributed by atoms with van der Waals surface area (Å²) in [7, 11) is 0. The molecule has 1 aliphatic rings. The summed E-state index contributed by atoms with van der Waals surface area (Å²) in [6.07, 6.45) is 1.82. The van der Waals surface area contributed by atoms with Crippen LogP contribution in [0.1, 0.15) is 31.1 Å². The smallest absolute Gasteiger partial charge is 0.192 e. The second-order valence-corrected chi connectivity index (χ2v) is 6.07. The quantitative estimate of drug-likeness (QED) is 0.729. The van der Waals surface area contributed by atoms with Crippen molar-refractivity contribution in [1.29, 1.82) is 0 Å². The van der Waals surface area contributed by atoms with E-state index in [1.54, 1.807) is 51.1 Å². The Morgan fingerprint density at radius 3 is 2.30 bits per heavy atom. The zero-order chi connectivity index (χ0) is 15.0. The summed E-state index contributed by atoms with van der Waals surface area (Å²) in [4.78, 5) is 12.2. The number of hydrogen-bond acceptors (Lipinski definition) is 1. The van der Waals surface area contributed by atoms with E-state index in [1.807, 2.05) is 0 Å².